The van der Waals surface area contributed by atoms with E-state index in [4.69, 9.17) is 28.6 Å². The van der Waals surface area contributed by atoms with Gasteiger partial charge in [-0.2, -0.15) is 0 Å². The molecule has 1 fully saturated rings. The van der Waals surface area contributed by atoms with Crippen molar-refractivity contribution in [2.45, 2.75) is 18.7 Å². The molecule has 3 rings (SSSR count). The Morgan fingerprint density at radius 1 is 1.29 bits per heavy atom. The Labute approximate surface area is 137 Å². The van der Waals surface area contributed by atoms with Gasteiger partial charge in [-0.05, 0) is 44.3 Å². The second kappa shape index (κ2) is 5.51. The van der Waals surface area contributed by atoms with Crippen molar-refractivity contribution in [2.75, 3.05) is 18.0 Å². The average molecular weight is 341 g/mol. The molecule has 0 aliphatic carbocycles. The molecule has 2 aliphatic heterocycles. The molecular formula is C14H13ClN2O2S2. The molecular weight excluding hydrogens is 328 g/mol. The van der Waals surface area contributed by atoms with Crippen LogP contribution < -0.4 is 4.90 Å². The Morgan fingerprint density at radius 2 is 2.00 bits per heavy atom. The number of anilines is 1. The zero-order chi connectivity index (χ0) is 15.1. The topological polar surface area (TPSA) is 32.8 Å². The first kappa shape index (κ1) is 14.7. The van der Waals surface area contributed by atoms with Crippen LogP contribution in [0.15, 0.2) is 33.9 Å². The number of thioether (sulfide) groups is 1. The highest BCUT2D eigenvalue weighted by Gasteiger charge is 2.39. The lowest BCUT2D eigenvalue weighted by Gasteiger charge is -2.18. The second-order valence-corrected chi connectivity index (χ2v) is 6.33. The molecule has 2 aliphatic rings. The lowest BCUT2D eigenvalue weighted by molar-refractivity contribution is -0.122. The Kier molecular flexibility index (Phi) is 3.86. The Hall–Kier alpha value is -1.24. The summed E-state index contributed by atoms with van der Waals surface area (Å²) < 4.78 is 5.55. The Balaban J connectivity index is 2.07. The molecule has 0 spiro atoms. The summed E-state index contributed by atoms with van der Waals surface area (Å²) in [5.74, 6) is 0.128. The molecule has 0 unspecified atom stereocenters. The third-order valence-corrected chi connectivity index (χ3v) is 5.04. The molecule has 110 valence electrons. The van der Waals surface area contributed by atoms with Gasteiger partial charge in [0, 0.05) is 23.0 Å². The number of carbonyl (C=O) groups excluding carboxylic acids is 1. The average Bonchev–Trinajstić information content (AvgIpc) is 2.95. The Bertz CT molecular complexity index is 675. The van der Waals surface area contributed by atoms with Crippen molar-refractivity contribution in [3.05, 3.63) is 34.0 Å². The minimum absolute atomic E-state index is 0.178. The van der Waals surface area contributed by atoms with E-state index in [1.807, 2.05) is 36.9 Å². The number of nitrogens with zero attached hydrogens (tertiary/aromatic N) is 2. The van der Waals surface area contributed by atoms with Gasteiger partial charge in [-0.15, -0.1) is 0 Å². The number of rotatable bonds is 2. The lowest BCUT2D eigenvalue weighted by atomic mass is 10.3. The molecule has 1 saturated heterocycles. The fraction of sp³-hybridized carbons (Fsp3) is 0.286. The van der Waals surface area contributed by atoms with Gasteiger partial charge in [0.1, 0.15) is 5.03 Å². The highest BCUT2D eigenvalue weighted by Crippen LogP contribution is 2.48. The number of thiocarbonyl (C=S) groups is 1. The van der Waals surface area contributed by atoms with Crippen LogP contribution in [0.4, 0.5) is 5.69 Å². The maximum atomic E-state index is 12.4. The summed E-state index contributed by atoms with van der Waals surface area (Å²) in [5.41, 5.74) is 0.995. The van der Waals surface area contributed by atoms with Crippen LogP contribution in [0.3, 0.4) is 0 Å². The van der Waals surface area contributed by atoms with E-state index in [9.17, 15) is 4.79 Å². The predicted molar refractivity (Wildman–Crippen MR) is 88.4 cm³/mol. The summed E-state index contributed by atoms with van der Waals surface area (Å²) in [4.78, 5) is 16.9. The molecule has 4 nitrogen and oxygen atoms in total. The zero-order valence-electron chi connectivity index (χ0n) is 11.6. The van der Waals surface area contributed by atoms with Gasteiger partial charge in [-0.25, -0.2) is 0 Å². The molecule has 0 N–H and O–H groups in total. The summed E-state index contributed by atoms with van der Waals surface area (Å²) in [6.45, 7) is 5.11. The van der Waals surface area contributed by atoms with Crippen molar-refractivity contribution in [1.82, 2.24) is 4.90 Å². The Morgan fingerprint density at radius 3 is 2.62 bits per heavy atom. The van der Waals surface area contributed by atoms with Crippen LogP contribution in [0.2, 0.25) is 5.02 Å². The summed E-state index contributed by atoms with van der Waals surface area (Å²) in [7, 11) is 0. The molecule has 0 saturated carbocycles. The number of hydrogen-bond donors (Lipinski definition) is 0. The number of likely N-dealkylation sites (N-methyl/N-ethyl adjacent to an activating group) is 1. The molecule has 1 aromatic rings. The largest absolute Gasteiger partial charge is 0.423 e. The normalized spacial score (nSPS) is 21.1. The maximum absolute atomic E-state index is 12.4. The van der Waals surface area contributed by atoms with Crippen molar-refractivity contribution in [3.63, 3.8) is 0 Å². The maximum Gasteiger partial charge on any atom is 0.299 e. The third-order valence-electron chi connectivity index (χ3n) is 3.34. The van der Waals surface area contributed by atoms with Crippen LogP contribution in [0.1, 0.15) is 13.8 Å². The summed E-state index contributed by atoms with van der Waals surface area (Å²) >= 11 is 12.7. The van der Waals surface area contributed by atoms with Gasteiger partial charge in [-0.1, -0.05) is 23.4 Å². The molecule has 7 heteroatoms. The number of fused-ring (bicyclic) bond motifs is 1. The van der Waals surface area contributed by atoms with Crippen molar-refractivity contribution in [1.29, 1.82) is 0 Å². The van der Waals surface area contributed by atoms with Crippen molar-refractivity contribution in [3.8, 4) is 0 Å². The molecule has 1 amide bonds. The van der Waals surface area contributed by atoms with Crippen LogP contribution in [-0.2, 0) is 9.53 Å². The van der Waals surface area contributed by atoms with Crippen LogP contribution in [-0.4, -0.2) is 29.1 Å². The van der Waals surface area contributed by atoms with Gasteiger partial charge in [0.2, 0.25) is 5.76 Å². The van der Waals surface area contributed by atoms with E-state index in [0.717, 1.165) is 15.6 Å². The third kappa shape index (κ3) is 2.31. The van der Waals surface area contributed by atoms with E-state index in [0.29, 0.717) is 23.9 Å². The fourth-order valence-corrected chi connectivity index (χ4v) is 3.98. The van der Waals surface area contributed by atoms with E-state index in [-0.39, 0.29) is 11.1 Å². The number of carbonyl (C=O) groups is 1. The van der Waals surface area contributed by atoms with Gasteiger partial charge in [-0.3, -0.25) is 9.69 Å². The lowest BCUT2D eigenvalue weighted by Crippen LogP contribution is -2.28. The van der Waals surface area contributed by atoms with Crippen LogP contribution in [0.5, 0.6) is 0 Å². The number of amides is 1. The molecule has 0 aromatic heterocycles. The molecule has 0 atom stereocenters. The van der Waals surface area contributed by atoms with E-state index in [2.05, 4.69) is 0 Å². The monoisotopic (exact) mass is 340 g/mol. The van der Waals surface area contributed by atoms with Gasteiger partial charge in [0.05, 0.1) is 5.69 Å². The van der Waals surface area contributed by atoms with Crippen LogP contribution >= 0.6 is 35.6 Å². The molecule has 2 heterocycles. The standard InChI is InChI=1S/C14H13ClN2O2S2/c1-3-16-9-7-8(15)5-6-10(9)21-13(16)11-12(18)17(4-2)14(20)19-11/h5-7H,3-4H2,1-2H3. The van der Waals surface area contributed by atoms with Gasteiger partial charge in [0.15, 0.2) is 0 Å². The minimum Gasteiger partial charge on any atom is -0.423 e. The van der Waals surface area contributed by atoms with Crippen LogP contribution in [0, 0.1) is 0 Å². The molecule has 0 bridgehead atoms. The van der Waals surface area contributed by atoms with Gasteiger partial charge in [0.25, 0.3) is 11.1 Å². The first-order valence-corrected chi connectivity index (χ1v) is 8.20. The highest BCUT2D eigenvalue weighted by molar-refractivity contribution is 8.03. The molecule has 0 radical (unpaired) electrons. The number of halogens is 1. The fourth-order valence-electron chi connectivity index (χ4n) is 2.34. The minimum atomic E-state index is -0.178. The van der Waals surface area contributed by atoms with Crippen molar-refractivity contribution in [2.24, 2.45) is 0 Å². The van der Waals surface area contributed by atoms with Crippen molar-refractivity contribution < 1.29 is 9.53 Å². The quantitative estimate of drug-likeness (QED) is 0.606. The van der Waals surface area contributed by atoms with Crippen molar-refractivity contribution >= 4 is 52.3 Å². The zero-order valence-corrected chi connectivity index (χ0v) is 13.9. The summed E-state index contributed by atoms with van der Waals surface area (Å²) in [6, 6.07) is 5.69. The first-order valence-electron chi connectivity index (χ1n) is 6.59. The predicted octanol–water partition coefficient (Wildman–Crippen LogP) is 3.60. The molecule has 21 heavy (non-hydrogen) atoms. The van der Waals surface area contributed by atoms with E-state index >= 15 is 0 Å². The second-order valence-electron chi connectivity index (χ2n) is 4.51. The number of ether oxygens (including phenoxy) is 1. The first-order chi connectivity index (χ1) is 10.1. The molecule has 1 aromatic carbocycles. The van der Waals surface area contributed by atoms with Gasteiger partial charge < -0.3 is 9.64 Å². The summed E-state index contributed by atoms with van der Waals surface area (Å²) in [5, 5.41) is 1.66. The van der Waals surface area contributed by atoms with Gasteiger partial charge >= 0.3 is 0 Å². The van der Waals surface area contributed by atoms with E-state index in [1.54, 1.807) is 0 Å². The SMILES string of the molecule is CCN1C(=O)C(=C2Sc3ccc(Cl)cc3N2CC)OC1=S. The summed E-state index contributed by atoms with van der Waals surface area (Å²) in [6.07, 6.45) is 0. The van der Waals surface area contributed by atoms with Crippen LogP contribution in [0.25, 0.3) is 0 Å². The number of hydrogen-bond acceptors (Lipinski definition) is 5. The van der Waals surface area contributed by atoms with E-state index < -0.39 is 0 Å². The van der Waals surface area contributed by atoms with E-state index in [1.165, 1.54) is 16.7 Å². The number of benzene rings is 1. The smallest absolute Gasteiger partial charge is 0.299 e. The highest BCUT2D eigenvalue weighted by atomic mass is 35.5.